The molecule has 1 unspecified atom stereocenters. The first kappa shape index (κ1) is 40.3. The van der Waals surface area contributed by atoms with Crippen LogP contribution in [0.1, 0.15) is 120 Å². The number of halogens is 1. The third-order valence-electron chi connectivity index (χ3n) is 13.2. The van der Waals surface area contributed by atoms with Gasteiger partial charge >= 0.3 is 0 Å². The van der Waals surface area contributed by atoms with Crippen LogP contribution in [0.3, 0.4) is 0 Å². The zero-order chi connectivity index (χ0) is 41.8. The Morgan fingerprint density at radius 3 is 2.22 bits per heavy atom. The van der Waals surface area contributed by atoms with Gasteiger partial charge in [-0.3, -0.25) is 39.1 Å². The van der Waals surface area contributed by atoms with Crippen molar-refractivity contribution in [1.29, 1.82) is 5.26 Å². The number of fused-ring (bicyclic) bond motifs is 2. The fourth-order valence-electron chi connectivity index (χ4n) is 10.3. The molecule has 1 atom stereocenters. The number of nitrogens with zero attached hydrogens (tertiary/aromatic N) is 3. The molecule has 3 fully saturated rings. The molecule has 8 rings (SSSR count). The molecule has 2 saturated carbocycles. The molecule has 3 aliphatic heterocycles. The normalized spacial score (nSPS) is 25.7. The minimum Gasteiger partial charge on any atom is -0.489 e. The summed E-state index contributed by atoms with van der Waals surface area (Å²) in [5.41, 5.74) is 3.92. The average Bonchev–Trinajstić information content (AvgIpc) is 3.45. The smallest absolute Gasteiger partial charge is 0.262 e. The van der Waals surface area contributed by atoms with Crippen molar-refractivity contribution in [3.63, 3.8) is 0 Å². The summed E-state index contributed by atoms with van der Waals surface area (Å²) in [6.07, 6.45) is 5.05. The van der Waals surface area contributed by atoms with Gasteiger partial charge in [-0.2, -0.15) is 5.26 Å². The van der Waals surface area contributed by atoms with Gasteiger partial charge in [-0.05, 0) is 104 Å². The van der Waals surface area contributed by atoms with Crippen molar-refractivity contribution in [2.45, 2.75) is 97.4 Å². The van der Waals surface area contributed by atoms with Gasteiger partial charge in [-0.15, -0.1) is 0 Å². The Morgan fingerprint density at radius 2 is 1.58 bits per heavy atom. The number of piperidine rings is 1. The number of nitrogens with one attached hydrogen (secondary N) is 2. The van der Waals surface area contributed by atoms with Crippen LogP contribution < -0.4 is 15.4 Å². The molecule has 1 saturated heterocycles. The first-order chi connectivity index (χ1) is 28.1. The number of hydrogen-bond donors (Lipinski definition) is 2. The first-order valence-corrected chi connectivity index (χ1v) is 20.9. The Bertz CT molecular complexity index is 2350. The van der Waals surface area contributed by atoms with Gasteiger partial charge in [0.05, 0.1) is 21.7 Å². The molecule has 3 aromatic rings. The first-order valence-electron chi connectivity index (χ1n) is 20.5. The Kier molecular flexibility index (Phi) is 10.7. The second-order valence-electron chi connectivity index (χ2n) is 18.0. The molecular formula is C47H48ClN5O6. The number of benzene rings is 3. The lowest BCUT2D eigenvalue weighted by molar-refractivity contribution is -0.164. The van der Waals surface area contributed by atoms with Crippen LogP contribution in [0.25, 0.3) is 0 Å². The Morgan fingerprint density at radius 1 is 0.898 bits per heavy atom. The van der Waals surface area contributed by atoms with Crippen molar-refractivity contribution >= 4 is 41.1 Å². The largest absolute Gasteiger partial charge is 0.489 e. The molecule has 2 N–H and O–H groups in total. The van der Waals surface area contributed by atoms with Crippen molar-refractivity contribution in [2.75, 3.05) is 13.1 Å². The van der Waals surface area contributed by atoms with Crippen molar-refractivity contribution in [2.24, 2.45) is 22.7 Å². The lowest BCUT2D eigenvalue weighted by Gasteiger charge is -2.63. The van der Waals surface area contributed by atoms with E-state index in [9.17, 15) is 29.2 Å². The Labute approximate surface area is 349 Å². The Hall–Kier alpha value is -5.49. The predicted octanol–water partition coefficient (Wildman–Crippen LogP) is 6.44. The van der Waals surface area contributed by atoms with E-state index in [0.717, 1.165) is 66.8 Å². The van der Waals surface area contributed by atoms with Gasteiger partial charge in [0, 0.05) is 66.0 Å². The minimum absolute atomic E-state index is 0.0954. The predicted molar refractivity (Wildman–Crippen MR) is 220 cm³/mol. The number of nitriles is 1. The van der Waals surface area contributed by atoms with E-state index in [4.69, 9.17) is 16.3 Å². The number of amides is 5. The van der Waals surface area contributed by atoms with Crippen LogP contribution in [0, 0.1) is 45.8 Å². The highest BCUT2D eigenvalue weighted by Crippen LogP contribution is 2.55. The van der Waals surface area contributed by atoms with E-state index < -0.39 is 23.8 Å². The van der Waals surface area contributed by atoms with E-state index in [-0.39, 0.29) is 47.6 Å². The lowest BCUT2D eigenvalue weighted by atomic mass is 9.49. The highest BCUT2D eigenvalue weighted by Gasteiger charge is 2.64. The zero-order valence-electron chi connectivity index (χ0n) is 33.8. The second-order valence-corrected chi connectivity index (χ2v) is 18.4. The number of imide groups is 2. The quantitative estimate of drug-likeness (QED) is 0.205. The van der Waals surface area contributed by atoms with Crippen LogP contribution in [0.4, 0.5) is 0 Å². The number of rotatable bonds is 7. The molecule has 0 bridgehead atoms. The van der Waals surface area contributed by atoms with E-state index in [2.05, 4.69) is 61.1 Å². The maximum Gasteiger partial charge on any atom is 0.262 e. The summed E-state index contributed by atoms with van der Waals surface area (Å²) in [6, 6.07) is 17.2. The Balaban J connectivity index is 0.809. The maximum absolute atomic E-state index is 13.4. The summed E-state index contributed by atoms with van der Waals surface area (Å²) >= 11 is 6.24. The van der Waals surface area contributed by atoms with Crippen LogP contribution in [0.5, 0.6) is 5.75 Å². The molecule has 5 aliphatic rings. The highest BCUT2D eigenvalue weighted by atomic mass is 35.5. The second kappa shape index (κ2) is 15.6. The molecule has 0 radical (unpaired) electrons. The topological polar surface area (TPSA) is 149 Å². The van der Waals surface area contributed by atoms with Gasteiger partial charge in [-0.25, -0.2) is 0 Å². The summed E-state index contributed by atoms with van der Waals surface area (Å²) < 4.78 is 6.37. The monoisotopic (exact) mass is 813 g/mol. The van der Waals surface area contributed by atoms with Gasteiger partial charge in [-0.1, -0.05) is 51.1 Å². The number of carbonyl (C=O) groups excluding carboxylic acids is 5. The van der Waals surface area contributed by atoms with Crippen molar-refractivity contribution in [1.82, 2.24) is 20.4 Å². The van der Waals surface area contributed by atoms with Crippen LogP contribution in [-0.2, 0) is 22.6 Å². The maximum atomic E-state index is 13.4. The third kappa shape index (κ3) is 7.63. The molecular weight excluding hydrogens is 766 g/mol. The molecule has 0 aromatic heterocycles. The zero-order valence-corrected chi connectivity index (χ0v) is 34.6. The molecule has 11 nitrogen and oxygen atoms in total. The molecule has 304 valence electrons. The van der Waals surface area contributed by atoms with Gasteiger partial charge in [0.2, 0.25) is 11.8 Å². The number of ether oxygens (including phenoxy) is 1. The molecule has 5 amide bonds. The van der Waals surface area contributed by atoms with Gasteiger partial charge in [0.1, 0.15) is 24.0 Å². The van der Waals surface area contributed by atoms with Crippen LogP contribution >= 0.6 is 11.6 Å². The van der Waals surface area contributed by atoms with Gasteiger partial charge in [0.15, 0.2) is 0 Å². The molecule has 59 heavy (non-hydrogen) atoms. The summed E-state index contributed by atoms with van der Waals surface area (Å²) in [7, 11) is 0. The molecule has 2 aliphatic carbocycles. The molecule has 12 heteroatoms. The summed E-state index contributed by atoms with van der Waals surface area (Å²) in [4.78, 5) is 67.7. The SMILES string of the molecule is CC1(C)C(NC(=O)c2ccc(C#CC3CCC(CN4CCc5cc6c(cc5C4)C(=O)N(C4CCC(=O)NC4=O)C6=O)CC3)cc2)C(C)(C)C1Oc1ccc(C#N)c(Cl)c1. The standard InChI is InChI=1S/C47H48ClN5O6/c1-46(2)44(47(3,4)45(46)59-34-16-15-32(24-49)37(48)23-34)51-40(55)30-13-11-28(12-14-30)6-5-27-7-9-29(10-8-27)25-52-20-19-31-21-35-36(22-33(31)26-52)43(58)53(42(35)57)38-17-18-39(54)50-41(38)56/h11-16,21-23,27,29,38,44-45H,7-10,17-20,25-26H2,1-4H3,(H,51,55)(H,50,54,56). The fraction of sp³-hybridized carbons (Fsp3) is 0.447. The van der Waals surface area contributed by atoms with E-state index in [0.29, 0.717) is 51.4 Å². The number of hydrogen-bond acceptors (Lipinski definition) is 8. The van der Waals surface area contributed by atoms with Crippen LogP contribution in [0.2, 0.25) is 5.02 Å². The van der Waals surface area contributed by atoms with E-state index >= 15 is 0 Å². The average molecular weight is 814 g/mol. The van der Waals surface area contributed by atoms with Gasteiger partial charge < -0.3 is 10.1 Å². The fourth-order valence-corrected chi connectivity index (χ4v) is 10.5. The highest BCUT2D eigenvalue weighted by molar-refractivity contribution is 6.31. The third-order valence-corrected chi connectivity index (χ3v) is 13.5. The summed E-state index contributed by atoms with van der Waals surface area (Å²) in [6.45, 7) is 10.9. The van der Waals surface area contributed by atoms with Gasteiger partial charge in [0.25, 0.3) is 17.7 Å². The van der Waals surface area contributed by atoms with E-state index in [1.807, 2.05) is 36.4 Å². The van der Waals surface area contributed by atoms with Crippen molar-refractivity contribution in [3.05, 3.63) is 98.6 Å². The minimum atomic E-state index is -0.966. The summed E-state index contributed by atoms with van der Waals surface area (Å²) in [5.74, 6) is 6.23. The number of carbonyl (C=O) groups is 5. The van der Waals surface area contributed by atoms with Crippen LogP contribution in [-0.4, -0.2) is 70.6 Å². The molecule has 3 aromatic carbocycles. The van der Waals surface area contributed by atoms with E-state index in [1.54, 1.807) is 18.2 Å². The molecule has 3 heterocycles. The summed E-state index contributed by atoms with van der Waals surface area (Å²) in [5, 5.41) is 15.1. The van der Waals surface area contributed by atoms with E-state index in [1.165, 1.54) is 0 Å². The van der Waals surface area contributed by atoms with Crippen molar-refractivity contribution in [3.8, 4) is 23.7 Å². The molecule has 0 spiro atoms. The lowest BCUT2D eigenvalue weighted by Crippen LogP contribution is -2.74. The van der Waals surface area contributed by atoms with Crippen molar-refractivity contribution < 1.29 is 28.7 Å². The van der Waals surface area contributed by atoms with Crippen LogP contribution in [0.15, 0.2) is 54.6 Å².